The largest absolute Gasteiger partial charge is 0.479 e. The molecular weight excluding hydrogens is 218 g/mol. The monoisotopic (exact) mass is 233 g/mol. The first kappa shape index (κ1) is 14.0. The quantitative estimate of drug-likeness (QED) is 0.378. The molecule has 0 saturated carbocycles. The number of aliphatic hydroxyl groups excluding tert-OH is 1. The normalized spacial score (nSPS) is 14.9. The SMILES string of the molecule is CC(=O)N[C@@](C=CCCO)(CS)C(=O)O. The van der Waals surface area contributed by atoms with Crippen LogP contribution in [0.25, 0.3) is 0 Å². The number of aliphatic carboxylic acids is 1. The van der Waals surface area contributed by atoms with E-state index >= 15 is 0 Å². The summed E-state index contributed by atoms with van der Waals surface area (Å²) in [5.74, 6) is -1.67. The van der Waals surface area contributed by atoms with Gasteiger partial charge < -0.3 is 15.5 Å². The second kappa shape index (κ2) is 6.47. The van der Waals surface area contributed by atoms with Gasteiger partial charge in [0.15, 0.2) is 5.54 Å². The van der Waals surface area contributed by atoms with Crippen molar-refractivity contribution in [1.29, 1.82) is 0 Å². The van der Waals surface area contributed by atoms with Crippen molar-refractivity contribution in [2.24, 2.45) is 0 Å². The maximum atomic E-state index is 11.0. The lowest BCUT2D eigenvalue weighted by Gasteiger charge is -2.24. The van der Waals surface area contributed by atoms with Gasteiger partial charge in [0, 0.05) is 19.3 Å². The van der Waals surface area contributed by atoms with E-state index < -0.39 is 17.4 Å². The van der Waals surface area contributed by atoms with Crippen molar-refractivity contribution >= 4 is 24.5 Å². The standard InChI is InChI=1S/C9H15NO4S/c1-7(12)10-9(6-15,8(13)14)4-2-3-5-11/h2,4,11,15H,3,5-6H2,1H3,(H,10,12)(H,13,14)/t9-/m0/s1. The zero-order valence-electron chi connectivity index (χ0n) is 8.43. The molecule has 15 heavy (non-hydrogen) atoms. The highest BCUT2D eigenvalue weighted by Crippen LogP contribution is 2.10. The zero-order chi connectivity index (χ0) is 11.9. The highest BCUT2D eigenvalue weighted by atomic mass is 32.1. The number of carbonyl (C=O) groups is 2. The van der Waals surface area contributed by atoms with E-state index in [0.717, 1.165) is 0 Å². The van der Waals surface area contributed by atoms with Gasteiger partial charge in [0.1, 0.15) is 0 Å². The fourth-order valence-electron chi connectivity index (χ4n) is 0.999. The molecule has 0 saturated heterocycles. The maximum absolute atomic E-state index is 11.0. The number of carboxylic acids is 1. The first-order chi connectivity index (χ1) is 6.98. The van der Waals surface area contributed by atoms with Gasteiger partial charge in [-0.25, -0.2) is 4.79 Å². The predicted molar refractivity (Wildman–Crippen MR) is 58.9 cm³/mol. The van der Waals surface area contributed by atoms with E-state index in [4.69, 9.17) is 10.2 Å². The van der Waals surface area contributed by atoms with E-state index in [1.807, 2.05) is 0 Å². The molecule has 0 aromatic rings. The van der Waals surface area contributed by atoms with Crippen LogP contribution in [0, 0.1) is 0 Å². The molecule has 0 aliphatic rings. The third-order valence-electron chi connectivity index (χ3n) is 1.73. The molecule has 0 aromatic heterocycles. The molecule has 0 radical (unpaired) electrons. The highest BCUT2D eigenvalue weighted by molar-refractivity contribution is 7.80. The molecule has 0 fully saturated rings. The Morgan fingerprint density at radius 3 is 2.47 bits per heavy atom. The molecule has 1 amide bonds. The van der Waals surface area contributed by atoms with Crippen LogP contribution in [0.3, 0.4) is 0 Å². The van der Waals surface area contributed by atoms with E-state index in [-0.39, 0.29) is 12.4 Å². The average molecular weight is 233 g/mol. The number of aliphatic hydroxyl groups is 1. The minimum Gasteiger partial charge on any atom is -0.479 e. The topological polar surface area (TPSA) is 86.6 Å². The summed E-state index contributed by atoms with van der Waals surface area (Å²) >= 11 is 3.91. The molecule has 3 N–H and O–H groups in total. The average Bonchev–Trinajstić information content (AvgIpc) is 2.15. The predicted octanol–water partition coefficient (Wildman–Crippen LogP) is -0.186. The summed E-state index contributed by atoms with van der Waals surface area (Å²) in [6.45, 7) is 1.17. The summed E-state index contributed by atoms with van der Waals surface area (Å²) < 4.78 is 0. The van der Waals surface area contributed by atoms with Crippen molar-refractivity contribution in [2.45, 2.75) is 18.9 Å². The summed E-state index contributed by atoms with van der Waals surface area (Å²) in [5, 5.41) is 19.9. The lowest BCUT2D eigenvalue weighted by Crippen LogP contribution is -2.54. The van der Waals surface area contributed by atoms with Crippen molar-refractivity contribution in [1.82, 2.24) is 5.32 Å². The number of rotatable bonds is 6. The molecule has 0 heterocycles. The molecule has 0 aromatic carbocycles. The maximum Gasteiger partial charge on any atom is 0.334 e. The lowest BCUT2D eigenvalue weighted by atomic mass is 10.0. The van der Waals surface area contributed by atoms with Gasteiger partial charge in [-0.05, 0) is 6.42 Å². The Morgan fingerprint density at radius 1 is 1.53 bits per heavy atom. The van der Waals surface area contributed by atoms with Crippen LogP contribution in [0.2, 0.25) is 0 Å². The molecule has 0 spiro atoms. The molecule has 1 atom stereocenters. The fourth-order valence-corrected chi connectivity index (χ4v) is 1.32. The molecule has 6 heteroatoms. The second-order valence-corrected chi connectivity index (χ2v) is 3.35. The van der Waals surface area contributed by atoms with Crippen molar-refractivity contribution in [2.75, 3.05) is 12.4 Å². The Bertz CT molecular complexity index is 267. The van der Waals surface area contributed by atoms with E-state index in [2.05, 4.69) is 17.9 Å². The minimum atomic E-state index is -1.50. The summed E-state index contributed by atoms with van der Waals surface area (Å²) in [6.07, 6.45) is 3.17. The van der Waals surface area contributed by atoms with E-state index in [1.54, 1.807) is 0 Å². The van der Waals surface area contributed by atoms with Crippen LogP contribution in [0.1, 0.15) is 13.3 Å². The lowest BCUT2D eigenvalue weighted by molar-refractivity contribution is -0.144. The van der Waals surface area contributed by atoms with E-state index in [1.165, 1.54) is 19.1 Å². The van der Waals surface area contributed by atoms with Crippen LogP contribution >= 0.6 is 12.6 Å². The molecule has 86 valence electrons. The molecular formula is C9H15NO4S. The van der Waals surface area contributed by atoms with Crippen molar-refractivity contribution in [3.63, 3.8) is 0 Å². The van der Waals surface area contributed by atoms with Crippen LogP contribution in [0.4, 0.5) is 0 Å². The Labute approximate surface area is 93.6 Å². The van der Waals surface area contributed by atoms with Crippen LogP contribution in [-0.2, 0) is 9.59 Å². The molecule has 0 aliphatic carbocycles. The zero-order valence-corrected chi connectivity index (χ0v) is 9.33. The Balaban J connectivity index is 4.81. The summed E-state index contributed by atoms with van der Waals surface area (Å²) in [4.78, 5) is 21.9. The van der Waals surface area contributed by atoms with Crippen LogP contribution in [-0.4, -0.2) is 40.0 Å². The molecule has 0 rings (SSSR count). The third kappa shape index (κ3) is 4.35. The molecule has 0 unspecified atom stereocenters. The highest BCUT2D eigenvalue weighted by Gasteiger charge is 2.35. The number of hydrogen-bond donors (Lipinski definition) is 4. The first-order valence-electron chi connectivity index (χ1n) is 4.40. The van der Waals surface area contributed by atoms with Gasteiger partial charge >= 0.3 is 5.97 Å². The number of carboxylic acid groups (broad SMARTS) is 1. The Kier molecular flexibility index (Phi) is 6.03. The summed E-state index contributed by atoms with van der Waals surface area (Å²) in [5.41, 5.74) is -1.50. The van der Waals surface area contributed by atoms with Crippen molar-refractivity contribution in [3.8, 4) is 0 Å². The van der Waals surface area contributed by atoms with E-state index in [9.17, 15) is 9.59 Å². The van der Waals surface area contributed by atoms with Gasteiger partial charge in [-0.15, -0.1) is 0 Å². The smallest absolute Gasteiger partial charge is 0.334 e. The molecule has 0 bridgehead atoms. The van der Waals surface area contributed by atoms with Crippen LogP contribution in [0.5, 0.6) is 0 Å². The van der Waals surface area contributed by atoms with Gasteiger partial charge in [0.25, 0.3) is 0 Å². The molecule has 0 aliphatic heterocycles. The Hall–Kier alpha value is -1.01. The minimum absolute atomic E-state index is 0.0517. The van der Waals surface area contributed by atoms with Gasteiger partial charge in [0.2, 0.25) is 5.91 Å². The second-order valence-electron chi connectivity index (χ2n) is 3.03. The van der Waals surface area contributed by atoms with Gasteiger partial charge in [-0.1, -0.05) is 12.2 Å². The molecule has 5 nitrogen and oxygen atoms in total. The Morgan fingerprint density at radius 2 is 2.13 bits per heavy atom. The van der Waals surface area contributed by atoms with Crippen molar-refractivity contribution in [3.05, 3.63) is 12.2 Å². The van der Waals surface area contributed by atoms with Gasteiger partial charge in [-0.3, -0.25) is 4.79 Å². The fraction of sp³-hybridized carbons (Fsp3) is 0.556. The first-order valence-corrected chi connectivity index (χ1v) is 5.03. The number of thiol groups is 1. The number of nitrogens with one attached hydrogen (secondary N) is 1. The number of carbonyl (C=O) groups excluding carboxylic acids is 1. The number of amides is 1. The van der Waals surface area contributed by atoms with Crippen LogP contribution in [0.15, 0.2) is 12.2 Å². The summed E-state index contributed by atoms with van der Waals surface area (Å²) in [6, 6.07) is 0. The summed E-state index contributed by atoms with van der Waals surface area (Å²) in [7, 11) is 0. The van der Waals surface area contributed by atoms with Crippen LogP contribution < -0.4 is 5.32 Å². The third-order valence-corrected chi connectivity index (χ3v) is 2.23. The van der Waals surface area contributed by atoms with E-state index in [0.29, 0.717) is 6.42 Å². The van der Waals surface area contributed by atoms with Gasteiger partial charge in [-0.2, -0.15) is 12.6 Å². The number of hydrogen-bond acceptors (Lipinski definition) is 4. The van der Waals surface area contributed by atoms with Gasteiger partial charge in [0.05, 0.1) is 0 Å². The van der Waals surface area contributed by atoms with Crippen molar-refractivity contribution < 1.29 is 19.8 Å².